The minimum absolute atomic E-state index is 0.0188. The predicted octanol–water partition coefficient (Wildman–Crippen LogP) is 2.72. The van der Waals surface area contributed by atoms with Crippen LogP contribution in [-0.2, 0) is 0 Å². The van der Waals surface area contributed by atoms with Gasteiger partial charge in [0.1, 0.15) is 10.7 Å². The molecule has 0 spiro atoms. The number of fused-ring (bicyclic) bond motifs is 1. The zero-order chi connectivity index (χ0) is 15.9. The monoisotopic (exact) mass is 333 g/mol. The molecule has 0 saturated carbocycles. The van der Waals surface area contributed by atoms with Gasteiger partial charge in [-0.1, -0.05) is 16.8 Å². The minimum atomic E-state index is -4.22. The Kier molecular flexibility index (Phi) is 3.67. The predicted molar refractivity (Wildman–Crippen MR) is 71.5 cm³/mol. The number of hydrogen-bond donors (Lipinski definition) is 0. The second kappa shape index (κ2) is 5.38. The van der Waals surface area contributed by atoms with Crippen molar-refractivity contribution in [1.29, 1.82) is 0 Å². The average molecular weight is 334 g/mol. The molecule has 0 radical (unpaired) electrons. The number of hydrogen-bond acceptors (Lipinski definition) is 4. The summed E-state index contributed by atoms with van der Waals surface area (Å²) < 4.78 is 38.9. The van der Waals surface area contributed by atoms with Crippen LogP contribution in [-0.4, -0.2) is 50.2 Å². The molecule has 0 unspecified atom stereocenters. The molecule has 0 bridgehead atoms. The van der Waals surface area contributed by atoms with Gasteiger partial charge in [-0.2, -0.15) is 13.2 Å². The van der Waals surface area contributed by atoms with Gasteiger partial charge in [0, 0.05) is 13.1 Å². The largest absolute Gasteiger partial charge is 0.391 e. The molecule has 1 aliphatic heterocycles. The van der Waals surface area contributed by atoms with Gasteiger partial charge in [-0.15, -0.1) is 9.78 Å². The maximum atomic E-state index is 12.6. The van der Waals surface area contributed by atoms with Gasteiger partial charge in [0.15, 0.2) is 5.65 Å². The van der Waals surface area contributed by atoms with Crippen LogP contribution in [0.5, 0.6) is 0 Å². The zero-order valence-corrected chi connectivity index (χ0v) is 12.0. The first-order valence-electron chi connectivity index (χ1n) is 6.60. The van der Waals surface area contributed by atoms with E-state index in [4.69, 9.17) is 11.6 Å². The van der Waals surface area contributed by atoms with Crippen LogP contribution >= 0.6 is 11.6 Å². The number of piperidine rings is 1. The summed E-state index contributed by atoms with van der Waals surface area (Å²) >= 11 is 5.78. The number of rotatable bonds is 0. The molecule has 10 heteroatoms. The van der Waals surface area contributed by atoms with E-state index in [-0.39, 0.29) is 36.7 Å². The lowest BCUT2D eigenvalue weighted by molar-refractivity contribution is -0.183. The number of halogens is 4. The van der Waals surface area contributed by atoms with E-state index < -0.39 is 18.1 Å². The molecule has 1 amide bonds. The highest BCUT2D eigenvalue weighted by molar-refractivity contribution is 6.29. The Morgan fingerprint density at radius 2 is 1.95 bits per heavy atom. The molecule has 0 aromatic carbocycles. The maximum absolute atomic E-state index is 12.6. The second-order valence-corrected chi connectivity index (χ2v) is 5.45. The number of carbonyl (C=O) groups is 1. The van der Waals surface area contributed by atoms with Gasteiger partial charge in [0.25, 0.3) is 0 Å². The van der Waals surface area contributed by atoms with E-state index in [1.165, 1.54) is 11.0 Å². The Labute approximate surface area is 127 Å². The van der Waals surface area contributed by atoms with Gasteiger partial charge in [0.2, 0.25) is 0 Å². The molecule has 0 atom stereocenters. The molecule has 2 aromatic rings. The number of nitrogens with zero attached hydrogens (tertiary/aromatic N) is 5. The summed E-state index contributed by atoms with van der Waals surface area (Å²) in [4.78, 5) is 17.7. The number of alkyl halides is 3. The molecule has 1 saturated heterocycles. The molecule has 6 nitrogen and oxygen atoms in total. The summed E-state index contributed by atoms with van der Waals surface area (Å²) in [5.74, 6) is -1.36. The summed E-state index contributed by atoms with van der Waals surface area (Å²) in [5.41, 5.74) is 0.582. The van der Waals surface area contributed by atoms with Crippen LogP contribution in [0.2, 0.25) is 5.15 Å². The van der Waals surface area contributed by atoms with E-state index in [1.807, 2.05) is 0 Å². The second-order valence-electron chi connectivity index (χ2n) is 5.06. The van der Waals surface area contributed by atoms with Crippen LogP contribution in [0.3, 0.4) is 0 Å². The van der Waals surface area contributed by atoms with Crippen LogP contribution in [0.1, 0.15) is 12.8 Å². The molecule has 1 aliphatic rings. The fourth-order valence-corrected chi connectivity index (χ4v) is 2.59. The maximum Gasteiger partial charge on any atom is 0.391 e. The van der Waals surface area contributed by atoms with Gasteiger partial charge in [-0.05, 0) is 25.0 Å². The van der Waals surface area contributed by atoms with Gasteiger partial charge >= 0.3 is 12.2 Å². The summed E-state index contributed by atoms with van der Waals surface area (Å²) in [6, 6.07) is 2.54. The van der Waals surface area contributed by atoms with Crippen LogP contribution in [0, 0.1) is 5.92 Å². The van der Waals surface area contributed by atoms with Crippen molar-refractivity contribution in [1.82, 2.24) is 24.9 Å². The van der Waals surface area contributed by atoms with Crippen molar-refractivity contribution >= 4 is 28.8 Å². The summed E-state index contributed by atoms with van der Waals surface area (Å²) in [6.45, 7) is 0.0376. The van der Waals surface area contributed by atoms with E-state index in [0.29, 0.717) is 5.52 Å². The smallest absolute Gasteiger partial charge is 0.323 e. The molecule has 118 valence electrons. The molecule has 0 N–H and O–H groups in total. The lowest BCUT2D eigenvalue weighted by Crippen LogP contribution is -2.44. The Morgan fingerprint density at radius 3 is 2.59 bits per heavy atom. The molecule has 3 rings (SSSR count). The van der Waals surface area contributed by atoms with E-state index in [1.54, 1.807) is 6.07 Å². The third-order valence-electron chi connectivity index (χ3n) is 3.67. The SMILES string of the molecule is O=C(N1CCC(C(F)(F)F)CC1)n1nnc2ccc(Cl)nc21. The van der Waals surface area contributed by atoms with Gasteiger partial charge in [0.05, 0.1) is 5.92 Å². The lowest BCUT2D eigenvalue weighted by atomic mass is 9.96. The highest BCUT2D eigenvalue weighted by Crippen LogP contribution is 2.34. The van der Waals surface area contributed by atoms with Gasteiger partial charge in [-0.25, -0.2) is 9.78 Å². The Hall–Kier alpha value is -1.90. The van der Waals surface area contributed by atoms with Crippen LogP contribution in [0.4, 0.5) is 18.0 Å². The highest BCUT2D eigenvalue weighted by atomic mass is 35.5. The van der Waals surface area contributed by atoms with Crippen molar-refractivity contribution < 1.29 is 18.0 Å². The van der Waals surface area contributed by atoms with Crippen molar-refractivity contribution in [3.8, 4) is 0 Å². The summed E-state index contributed by atoms with van der Waals surface area (Å²) in [7, 11) is 0. The first kappa shape index (κ1) is 15.0. The number of aromatic nitrogens is 4. The third-order valence-corrected chi connectivity index (χ3v) is 3.88. The standard InChI is InChI=1S/C12H11ClF3N5O/c13-9-2-1-8-10(17-9)21(19-18-8)11(22)20-5-3-7(4-6-20)12(14,15)16/h1-2,7H,3-6H2. The van der Waals surface area contributed by atoms with Gasteiger partial charge < -0.3 is 4.90 Å². The fraction of sp³-hybridized carbons (Fsp3) is 0.500. The number of likely N-dealkylation sites (tertiary alicyclic amines) is 1. The lowest BCUT2D eigenvalue weighted by Gasteiger charge is -2.32. The van der Waals surface area contributed by atoms with E-state index in [9.17, 15) is 18.0 Å². The normalized spacial score (nSPS) is 17.2. The Bertz CT molecular complexity index is 708. The topological polar surface area (TPSA) is 63.9 Å². The molecule has 22 heavy (non-hydrogen) atoms. The first-order chi connectivity index (χ1) is 10.4. The zero-order valence-electron chi connectivity index (χ0n) is 11.2. The quantitative estimate of drug-likeness (QED) is 0.695. The number of amides is 1. The molecular weight excluding hydrogens is 323 g/mol. The first-order valence-corrected chi connectivity index (χ1v) is 6.98. The van der Waals surface area contributed by atoms with Gasteiger partial charge in [-0.3, -0.25) is 0 Å². The van der Waals surface area contributed by atoms with Crippen molar-refractivity contribution in [2.24, 2.45) is 5.92 Å². The Morgan fingerprint density at radius 1 is 1.27 bits per heavy atom. The van der Waals surface area contributed by atoms with Crippen molar-refractivity contribution in [3.63, 3.8) is 0 Å². The highest BCUT2D eigenvalue weighted by Gasteiger charge is 2.42. The number of carbonyl (C=O) groups excluding carboxylic acids is 1. The molecule has 1 fully saturated rings. The molecule has 3 heterocycles. The van der Waals surface area contributed by atoms with E-state index in [2.05, 4.69) is 15.3 Å². The molecule has 2 aromatic heterocycles. The summed E-state index contributed by atoms with van der Waals surface area (Å²) in [5, 5.41) is 7.69. The van der Waals surface area contributed by atoms with Crippen molar-refractivity contribution in [3.05, 3.63) is 17.3 Å². The van der Waals surface area contributed by atoms with Crippen LogP contribution in [0.25, 0.3) is 11.2 Å². The van der Waals surface area contributed by atoms with Crippen molar-refractivity contribution in [2.75, 3.05) is 13.1 Å². The molecule has 0 aliphatic carbocycles. The Balaban J connectivity index is 1.78. The van der Waals surface area contributed by atoms with Crippen LogP contribution in [0.15, 0.2) is 12.1 Å². The third kappa shape index (κ3) is 2.72. The van der Waals surface area contributed by atoms with Crippen molar-refractivity contribution in [2.45, 2.75) is 19.0 Å². The van der Waals surface area contributed by atoms with E-state index >= 15 is 0 Å². The molecular formula is C12H11ClF3N5O. The average Bonchev–Trinajstić information content (AvgIpc) is 2.88. The minimum Gasteiger partial charge on any atom is -0.323 e. The van der Waals surface area contributed by atoms with E-state index in [0.717, 1.165) is 4.68 Å². The summed E-state index contributed by atoms with van der Waals surface area (Å²) in [6.07, 6.45) is -4.45. The van der Waals surface area contributed by atoms with Crippen LogP contribution < -0.4 is 0 Å². The fourth-order valence-electron chi connectivity index (χ4n) is 2.45. The number of pyridine rings is 1.